The molecule has 2 N–H and O–H groups in total. The van der Waals surface area contributed by atoms with Gasteiger partial charge in [-0.2, -0.15) is 0 Å². The Balaban J connectivity index is 2.16. The number of fused-ring (bicyclic) bond motifs is 1. The minimum Gasteiger partial charge on any atom is -0.335 e. The highest BCUT2D eigenvalue weighted by Gasteiger charge is 2.26. The van der Waals surface area contributed by atoms with Crippen molar-refractivity contribution in [2.24, 2.45) is 0 Å². The molecule has 2 rings (SSSR count). The minimum absolute atomic E-state index is 0.0898. The van der Waals surface area contributed by atoms with Crippen molar-refractivity contribution in [3.63, 3.8) is 0 Å². The molecule has 0 aromatic heterocycles. The van der Waals surface area contributed by atoms with E-state index in [2.05, 4.69) is 10.6 Å². The molecule has 21 heavy (non-hydrogen) atoms. The van der Waals surface area contributed by atoms with Gasteiger partial charge < -0.3 is 10.6 Å². The first-order chi connectivity index (χ1) is 9.81. The molecule has 0 aliphatic carbocycles. The average Bonchev–Trinajstić information content (AvgIpc) is 2.81. The zero-order chi connectivity index (χ0) is 15.6. The summed E-state index contributed by atoms with van der Waals surface area (Å²) in [6, 6.07) is 5.17. The van der Waals surface area contributed by atoms with E-state index in [4.69, 9.17) is 0 Å². The van der Waals surface area contributed by atoms with Crippen LogP contribution in [0.25, 0.3) is 0 Å². The van der Waals surface area contributed by atoms with Gasteiger partial charge in [-0.05, 0) is 37.5 Å². The first-order valence-electron chi connectivity index (χ1n) is 6.99. The fourth-order valence-corrected chi connectivity index (χ4v) is 3.22. The number of urea groups is 1. The summed E-state index contributed by atoms with van der Waals surface area (Å²) in [7, 11) is -3.28. The van der Waals surface area contributed by atoms with E-state index in [1.807, 2.05) is 19.9 Å². The summed E-state index contributed by atoms with van der Waals surface area (Å²) in [5.74, 6) is 0. The molecule has 0 fully saturated rings. The summed E-state index contributed by atoms with van der Waals surface area (Å²) in [6.45, 7) is 4.37. The molecule has 1 heterocycles. The largest absolute Gasteiger partial charge is 0.335 e. The third-order valence-corrected chi connectivity index (χ3v) is 4.77. The molecule has 0 saturated heterocycles. The minimum atomic E-state index is -3.28. The normalized spacial score (nSPS) is 15.5. The van der Waals surface area contributed by atoms with Crippen LogP contribution in [-0.4, -0.2) is 33.3 Å². The average molecular weight is 311 g/mol. The fraction of sp³-hybridized carbons (Fsp3) is 0.500. The highest BCUT2D eigenvalue weighted by molar-refractivity contribution is 7.92. The standard InChI is InChI=1S/C14H21N3O3S/c1-4-10(2)15-14(18)16-12-6-5-11-7-8-17(13(11)9-12)21(3,19)20/h5-6,9-10H,4,7-8H2,1-3H3,(H2,15,16,18). The summed E-state index contributed by atoms with van der Waals surface area (Å²) in [5.41, 5.74) is 2.22. The van der Waals surface area contributed by atoms with Crippen LogP contribution in [0, 0.1) is 0 Å². The van der Waals surface area contributed by atoms with Gasteiger partial charge in [-0.25, -0.2) is 13.2 Å². The van der Waals surface area contributed by atoms with Crippen molar-refractivity contribution in [2.45, 2.75) is 32.7 Å². The van der Waals surface area contributed by atoms with Gasteiger partial charge in [0.2, 0.25) is 10.0 Å². The Morgan fingerprint density at radius 2 is 2.14 bits per heavy atom. The van der Waals surface area contributed by atoms with Crippen molar-refractivity contribution in [2.75, 3.05) is 22.4 Å². The van der Waals surface area contributed by atoms with Gasteiger partial charge in [0.15, 0.2) is 0 Å². The van der Waals surface area contributed by atoms with Crippen LogP contribution < -0.4 is 14.9 Å². The van der Waals surface area contributed by atoms with Crippen molar-refractivity contribution < 1.29 is 13.2 Å². The molecule has 1 aliphatic rings. The Kier molecular flexibility index (Phi) is 4.41. The predicted octanol–water partition coefficient (Wildman–Crippen LogP) is 1.93. The fourth-order valence-electron chi connectivity index (χ4n) is 2.27. The molecule has 0 saturated carbocycles. The van der Waals surface area contributed by atoms with Crippen LogP contribution in [0.15, 0.2) is 18.2 Å². The van der Waals surface area contributed by atoms with Crippen LogP contribution in [0.3, 0.4) is 0 Å². The summed E-state index contributed by atoms with van der Waals surface area (Å²) in [5, 5.41) is 5.54. The van der Waals surface area contributed by atoms with E-state index >= 15 is 0 Å². The molecule has 1 aromatic rings. The Morgan fingerprint density at radius 3 is 2.76 bits per heavy atom. The number of nitrogens with one attached hydrogen (secondary N) is 2. The lowest BCUT2D eigenvalue weighted by molar-refractivity contribution is 0.249. The number of hydrogen-bond acceptors (Lipinski definition) is 3. The number of sulfonamides is 1. The smallest absolute Gasteiger partial charge is 0.319 e. The number of carbonyl (C=O) groups is 1. The van der Waals surface area contributed by atoms with Gasteiger partial charge in [0.1, 0.15) is 0 Å². The third-order valence-electron chi connectivity index (χ3n) is 3.59. The number of benzene rings is 1. The van der Waals surface area contributed by atoms with Gasteiger partial charge in [0.25, 0.3) is 0 Å². The Labute approximate surface area is 125 Å². The SMILES string of the molecule is CCC(C)NC(=O)Nc1ccc2c(c1)N(S(C)(=O)=O)CC2. The molecule has 0 spiro atoms. The van der Waals surface area contributed by atoms with Gasteiger partial charge in [0.05, 0.1) is 11.9 Å². The Hall–Kier alpha value is -1.76. The van der Waals surface area contributed by atoms with Crippen molar-refractivity contribution in [3.8, 4) is 0 Å². The second-order valence-electron chi connectivity index (χ2n) is 5.34. The molecule has 1 aromatic carbocycles. The summed E-state index contributed by atoms with van der Waals surface area (Å²) < 4.78 is 24.9. The van der Waals surface area contributed by atoms with Gasteiger partial charge in [-0.1, -0.05) is 13.0 Å². The highest BCUT2D eigenvalue weighted by Crippen LogP contribution is 2.32. The monoisotopic (exact) mass is 311 g/mol. The lowest BCUT2D eigenvalue weighted by atomic mass is 10.1. The van der Waals surface area contributed by atoms with E-state index in [9.17, 15) is 13.2 Å². The van der Waals surface area contributed by atoms with Crippen LogP contribution in [0.1, 0.15) is 25.8 Å². The van der Waals surface area contributed by atoms with Crippen molar-refractivity contribution >= 4 is 27.4 Å². The van der Waals surface area contributed by atoms with Gasteiger partial charge >= 0.3 is 6.03 Å². The lowest BCUT2D eigenvalue weighted by Crippen LogP contribution is -2.35. The van der Waals surface area contributed by atoms with E-state index in [-0.39, 0.29) is 12.1 Å². The molecule has 1 aliphatic heterocycles. The number of hydrogen-bond donors (Lipinski definition) is 2. The molecular weight excluding hydrogens is 290 g/mol. The molecule has 6 nitrogen and oxygen atoms in total. The van der Waals surface area contributed by atoms with Gasteiger partial charge in [0, 0.05) is 18.3 Å². The van der Waals surface area contributed by atoms with Crippen LogP contribution >= 0.6 is 0 Å². The second-order valence-corrected chi connectivity index (χ2v) is 7.24. The van der Waals surface area contributed by atoms with Gasteiger partial charge in [-0.15, -0.1) is 0 Å². The topological polar surface area (TPSA) is 78.5 Å². The van der Waals surface area contributed by atoms with Crippen LogP contribution in [-0.2, 0) is 16.4 Å². The van der Waals surface area contributed by atoms with E-state index in [0.29, 0.717) is 24.3 Å². The number of anilines is 2. The number of rotatable bonds is 4. The van der Waals surface area contributed by atoms with Crippen LogP contribution in [0.2, 0.25) is 0 Å². The Bertz CT molecular complexity index is 643. The summed E-state index contributed by atoms with van der Waals surface area (Å²) in [6.07, 6.45) is 2.74. The van der Waals surface area contributed by atoms with E-state index in [1.54, 1.807) is 12.1 Å². The lowest BCUT2D eigenvalue weighted by Gasteiger charge is -2.18. The predicted molar refractivity (Wildman–Crippen MR) is 84.2 cm³/mol. The zero-order valence-corrected chi connectivity index (χ0v) is 13.3. The maximum atomic E-state index is 11.8. The van der Waals surface area contributed by atoms with Crippen LogP contribution in [0.5, 0.6) is 0 Å². The highest BCUT2D eigenvalue weighted by atomic mass is 32.2. The molecule has 0 radical (unpaired) electrons. The molecule has 1 atom stereocenters. The summed E-state index contributed by atoms with van der Waals surface area (Å²) >= 11 is 0. The zero-order valence-electron chi connectivity index (χ0n) is 12.5. The summed E-state index contributed by atoms with van der Waals surface area (Å²) in [4.78, 5) is 11.8. The first kappa shape index (κ1) is 15.6. The number of carbonyl (C=O) groups excluding carboxylic acids is 1. The molecule has 7 heteroatoms. The maximum Gasteiger partial charge on any atom is 0.319 e. The molecule has 116 valence electrons. The van der Waals surface area contributed by atoms with Crippen molar-refractivity contribution in [1.29, 1.82) is 0 Å². The molecule has 1 unspecified atom stereocenters. The van der Waals surface area contributed by atoms with Crippen molar-refractivity contribution in [1.82, 2.24) is 5.32 Å². The van der Waals surface area contributed by atoms with Crippen molar-refractivity contribution in [3.05, 3.63) is 23.8 Å². The number of nitrogens with zero attached hydrogens (tertiary/aromatic N) is 1. The maximum absolute atomic E-state index is 11.8. The Morgan fingerprint density at radius 1 is 1.43 bits per heavy atom. The van der Waals surface area contributed by atoms with Gasteiger partial charge in [-0.3, -0.25) is 4.31 Å². The number of amides is 2. The second kappa shape index (κ2) is 5.93. The van der Waals surface area contributed by atoms with E-state index in [1.165, 1.54) is 10.6 Å². The quantitative estimate of drug-likeness (QED) is 0.892. The van der Waals surface area contributed by atoms with E-state index < -0.39 is 10.0 Å². The molecule has 2 amide bonds. The third kappa shape index (κ3) is 3.66. The first-order valence-corrected chi connectivity index (χ1v) is 8.84. The van der Waals surface area contributed by atoms with E-state index in [0.717, 1.165) is 12.0 Å². The van der Waals surface area contributed by atoms with Crippen LogP contribution in [0.4, 0.5) is 16.2 Å². The molecular formula is C14H21N3O3S. The molecule has 0 bridgehead atoms.